The lowest BCUT2D eigenvalue weighted by Crippen LogP contribution is -2.51. The molecule has 0 radical (unpaired) electrons. The lowest BCUT2D eigenvalue weighted by molar-refractivity contribution is -0.137. The van der Waals surface area contributed by atoms with Crippen LogP contribution < -0.4 is 5.32 Å². The highest BCUT2D eigenvalue weighted by Crippen LogP contribution is 2.44. The molecule has 0 spiro atoms. The predicted octanol–water partition coefficient (Wildman–Crippen LogP) is 3.13. The minimum atomic E-state index is -0.843. The van der Waals surface area contributed by atoms with Crippen molar-refractivity contribution in [2.24, 2.45) is 0 Å². The van der Waals surface area contributed by atoms with Crippen LogP contribution in [-0.2, 0) is 15.0 Å². The largest absolute Gasteiger partial charge is 0.481 e. The quantitative estimate of drug-likeness (QED) is 0.848. The average molecular weight is 310 g/mol. The van der Waals surface area contributed by atoms with E-state index in [-0.39, 0.29) is 18.4 Å². The zero-order valence-corrected chi connectivity index (χ0v) is 12.8. The van der Waals surface area contributed by atoms with Gasteiger partial charge in [-0.15, -0.1) is 0 Å². The SMILES string of the molecule is CC(CCC(=O)O)NC(=O)C1(c2cccc(Cl)c2)CCC1. The number of carbonyl (C=O) groups excluding carboxylic acids is 1. The normalized spacial score (nSPS) is 17.6. The molecule has 5 heteroatoms. The van der Waals surface area contributed by atoms with E-state index in [9.17, 15) is 9.59 Å². The summed E-state index contributed by atoms with van der Waals surface area (Å²) in [5.41, 5.74) is 0.451. The molecule has 1 atom stereocenters. The number of hydrogen-bond acceptors (Lipinski definition) is 2. The number of carbonyl (C=O) groups is 2. The van der Waals surface area contributed by atoms with Crippen LogP contribution in [0.2, 0.25) is 5.02 Å². The maximum atomic E-state index is 12.6. The Bertz CT molecular complexity index is 540. The number of hydrogen-bond donors (Lipinski definition) is 2. The summed E-state index contributed by atoms with van der Waals surface area (Å²) >= 11 is 6.03. The van der Waals surface area contributed by atoms with Crippen molar-refractivity contribution < 1.29 is 14.7 Å². The summed E-state index contributed by atoms with van der Waals surface area (Å²) in [5, 5.41) is 12.3. The Labute approximate surface area is 129 Å². The first-order chi connectivity index (χ1) is 9.94. The zero-order valence-electron chi connectivity index (χ0n) is 12.1. The van der Waals surface area contributed by atoms with Gasteiger partial charge in [-0.3, -0.25) is 9.59 Å². The Morgan fingerprint density at radius 1 is 1.43 bits per heavy atom. The van der Waals surface area contributed by atoms with Crippen molar-refractivity contribution >= 4 is 23.5 Å². The molecule has 1 saturated carbocycles. The van der Waals surface area contributed by atoms with Crippen molar-refractivity contribution in [2.45, 2.75) is 50.5 Å². The second kappa shape index (κ2) is 6.48. The van der Waals surface area contributed by atoms with Gasteiger partial charge in [0.05, 0.1) is 5.41 Å². The van der Waals surface area contributed by atoms with Crippen LogP contribution in [0.1, 0.15) is 44.6 Å². The van der Waals surface area contributed by atoms with Gasteiger partial charge < -0.3 is 10.4 Å². The van der Waals surface area contributed by atoms with E-state index < -0.39 is 11.4 Å². The molecule has 1 aromatic carbocycles. The van der Waals surface area contributed by atoms with Crippen LogP contribution in [0.5, 0.6) is 0 Å². The third-order valence-electron chi connectivity index (χ3n) is 4.19. The molecule has 0 aromatic heterocycles. The minimum Gasteiger partial charge on any atom is -0.481 e. The van der Waals surface area contributed by atoms with Gasteiger partial charge in [0.25, 0.3) is 0 Å². The van der Waals surface area contributed by atoms with Crippen LogP contribution in [0.3, 0.4) is 0 Å². The number of benzene rings is 1. The first-order valence-electron chi connectivity index (χ1n) is 7.23. The van der Waals surface area contributed by atoms with Crippen LogP contribution >= 0.6 is 11.6 Å². The van der Waals surface area contributed by atoms with E-state index in [0.717, 1.165) is 24.8 Å². The van der Waals surface area contributed by atoms with Crippen LogP contribution in [0, 0.1) is 0 Å². The van der Waals surface area contributed by atoms with Gasteiger partial charge in [0.2, 0.25) is 5.91 Å². The fraction of sp³-hybridized carbons (Fsp3) is 0.500. The second-order valence-electron chi connectivity index (χ2n) is 5.75. The Morgan fingerprint density at radius 2 is 2.14 bits per heavy atom. The minimum absolute atomic E-state index is 0.0195. The molecule has 1 unspecified atom stereocenters. The smallest absolute Gasteiger partial charge is 0.303 e. The molecule has 1 aliphatic carbocycles. The summed E-state index contributed by atoms with van der Waals surface area (Å²) in [7, 11) is 0. The van der Waals surface area contributed by atoms with Gasteiger partial charge in [0.1, 0.15) is 0 Å². The first kappa shape index (κ1) is 15.8. The molecule has 0 saturated heterocycles. The molecule has 21 heavy (non-hydrogen) atoms. The molecule has 4 nitrogen and oxygen atoms in total. The van der Waals surface area contributed by atoms with Crippen LogP contribution in [0.25, 0.3) is 0 Å². The van der Waals surface area contributed by atoms with Crippen molar-refractivity contribution in [1.29, 1.82) is 0 Å². The van der Waals surface area contributed by atoms with Crippen LogP contribution in [0.15, 0.2) is 24.3 Å². The molecule has 0 bridgehead atoms. The third-order valence-corrected chi connectivity index (χ3v) is 4.42. The molecule has 1 fully saturated rings. The highest BCUT2D eigenvalue weighted by Gasteiger charge is 2.45. The number of halogens is 1. The Hall–Kier alpha value is -1.55. The van der Waals surface area contributed by atoms with Crippen LogP contribution in [-0.4, -0.2) is 23.0 Å². The third kappa shape index (κ3) is 3.56. The van der Waals surface area contributed by atoms with Gasteiger partial charge in [-0.1, -0.05) is 30.2 Å². The van der Waals surface area contributed by atoms with Crippen LogP contribution in [0.4, 0.5) is 0 Å². The Morgan fingerprint density at radius 3 is 2.67 bits per heavy atom. The average Bonchev–Trinajstić information content (AvgIpc) is 2.35. The molecular weight excluding hydrogens is 290 g/mol. The summed E-state index contributed by atoms with van der Waals surface area (Å²) in [5.74, 6) is -0.863. The van der Waals surface area contributed by atoms with E-state index in [4.69, 9.17) is 16.7 Å². The lowest BCUT2D eigenvalue weighted by Gasteiger charge is -2.41. The molecule has 2 rings (SSSR count). The van der Waals surface area contributed by atoms with E-state index in [0.29, 0.717) is 11.4 Å². The number of rotatable bonds is 6. The summed E-state index contributed by atoms with van der Waals surface area (Å²) in [4.78, 5) is 23.2. The number of carboxylic acid groups (broad SMARTS) is 1. The number of aliphatic carboxylic acids is 1. The summed E-state index contributed by atoms with van der Waals surface area (Å²) in [6.45, 7) is 1.84. The molecule has 114 valence electrons. The predicted molar refractivity (Wildman–Crippen MR) is 81.5 cm³/mol. The van der Waals surface area contributed by atoms with Gasteiger partial charge in [-0.05, 0) is 43.9 Å². The van der Waals surface area contributed by atoms with E-state index in [2.05, 4.69) is 5.32 Å². The standard InChI is InChI=1S/C16H20ClNO3/c1-11(6-7-14(19)20)18-15(21)16(8-3-9-16)12-4-2-5-13(17)10-12/h2,4-5,10-11H,3,6-9H2,1H3,(H,18,21)(H,19,20). The summed E-state index contributed by atoms with van der Waals surface area (Å²) in [6, 6.07) is 7.29. The molecule has 2 N–H and O–H groups in total. The van der Waals surface area contributed by atoms with Gasteiger partial charge in [0.15, 0.2) is 0 Å². The molecule has 1 aliphatic rings. The number of carboxylic acids is 1. The van der Waals surface area contributed by atoms with Crippen molar-refractivity contribution in [3.8, 4) is 0 Å². The fourth-order valence-electron chi connectivity index (χ4n) is 2.74. The van der Waals surface area contributed by atoms with Gasteiger partial charge in [-0.25, -0.2) is 0 Å². The van der Waals surface area contributed by atoms with E-state index in [1.54, 1.807) is 6.07 Å². The second-order valence-corrected chi connectivity index (χ2v) is 6.19. The molecule has 0 aliphatic heterocycles. The number of amides is 1. The van der Waals surface area contributed by atoms with Crippen molar-refractivity contribution in [1.82, 2.24) is 5.32 Å². The highest BCUT2D eigenvalue weighted by molar-refractivity contribution is 6.30. The van der Waals surface area contributed by atoms with E-state index >= 15 is 0 Å². The highest BCUT2D eigenvalue weighted by atomic mass is 35.5. The van der Waals surface area contributed by atoms with E-state index in [1.165, 1.54) is 0 Å². The maximum Gasteiger partial charge on any atom is 0.303 e. The summed E-state index contributed by atoms with van der Waals surface area (Å²) in [6.07, 6.45) is 3.14. The monoisotopic (exact) mass is 309 g/mol. The lowest BCUT2D eigenvalue weighted by atomic mass is 9.63. The molecule has 1 aromatic rings. The molecular formula is C16H20ClNO3. The molecule has 1 amide bonds. The molecule has 0 heterocycles. The van der Waals surface area contributed by atoms with E-state index in [1.807, 2.05) is 25.1 Å². The van der Waals surface area contributed by atoms with Crippen molar-refractivity contribution in [3.63, 3.8) is 0 Å². The fourth-order valence-corrected chi connectivity index (χ4v) is 2.93. The first-order valence-corrected chi connectivity index (χ1v) is 7.61. The van der Waals surface area contributed by atoms with Gasteiger partial charge in [0, 0.05) is 17.5 Å². The Balaban J connectivity index is 2.06. The Kier molecular flexibility index (Phi) is 4.88. The van der Waals surface area contributed by atoms with Crippen molar-refractivity contribution in [3.05, 3.63) is 34.9 Å². The van der Waals surface area contributed by atoms with Crippen molar-refractivity contribution in [2.75, 3.05) is 0 Å². The zero-order chi connectivity index (χ0) is 15.5. The van der Waals surface area contributed by atoms with Gasteiger partial charge in [-0.2, -0.15) is 0 Å². The topological polar surface area (TPSA) is 66.4 Å². The number of nitrogens with one attached hydrogen (secondary N) is 1. The maximum absolute atomic E-state index is 12.6. The summed E-state index contributed by atoms with van der Waals surface area (Å²) < 4.78 is 0. The van der Waals surface area contributed by atoms with Gasteiger partial charge >= 0.3 is 5.97 Å².